The highest BCUT2D eigenvalue weighted by atomic mass is 16.5. The quantitative estimate of drug-likeness (QED) is 0.620. The highest BCUT2D eigenvalue weighted by Gasteiger charge is 2.20. The average Bonchev–Trinajstić information content (AvgIpc) is 3.11. The number of aromatic nitrogens is 2. The maximum atomic E-state index is 12.6. The van der Waals surface area contributed by atoms with Crippen LogP contribution in [0.25, 0.3) is 0 Å². The van der Waals surface area contributed by atoms with Gasteiger partial charge < -0.3 is 24.7 Å². The molecule has 2 saturated heterocycles. The van der Waals surface area contributed by atoms with Crippen molar-refractivity contribution in [3.8, 4) is 0 Å². The van der Waals surface area contributed by atoms with E-state index in [-0.39, 0.29) is 18.9 Å². The average molecular weight is 474 g/mol. The predicted octanol–water partition coefficient (Wildman–Crippen LogP) is 1.06. The molecule has 0 unspecified atom stereocenters. The SMILES string of the molecule is O=C(c1ccc(N2CCCN(Cc3ccccn3)CC2)nc1)N1CCOCC1.O=CO.O=CO. The zero-order chi connectivity index (χ0) is 24.6. The number of hydrogen-bond acceptors (Lipinski definition) is 8. The van der Waals surface area contributed by atoms with Gasteiger partial charge in [-0.05, 0) is 30.7 Å². The Balaban J connectivity index is 0.000000618. The summed E-state index contributed by atoms with van der Waals surface area (Å²) in [5.41, 5.74) is 1.76. The fraction of sp³-hybridized carbons (Fsp3) is 0.435. The summed E-state index contributed by atoms with van der Waals surface area (Å²) >= 11 is 0. The van der Waals surface area contributed by atoms with Crippen LogP contribution in [0.2, 0.25) is 0 Å². The summed E-state index contributed by atoms with van der Waals surface area (Å²) in [6, 6.07) is 9.94. The first-order chi connectivity index (χ1) is 16.6. The van der Waals surface area contributed by atoms with Gasteiger partial charge in [-0.1, -0.05) is 6.07 Å². The predicted molar refractivity (Wildman–Crippen MR) is 125 cm³/mol. The van der Waals surface area contributed by atoms with Crippen molar-refractivity contribution >= 4 is 24.7 Å². The second kappa shape index (κ2) is 15.3. The van der Waals surface area contributed by atoms with Crippen molar-refractivity contribution < 1.29 is 29.3 Å². The first-order valence-electron chi connectivity index (χ1n) is 11.0. The van der Waals surface area contributed by atoms with Gasteiger partial charge in [0.1, 0.15) is 5.82 Å². The van der Waals surface area contributed by atoms with Gasteiger partial charge in [-0.3, -0.25) is 24.3 Å². The van der Waals surface area contributed by atoms with E-state index in [9.17, 15) is 4.79 Å². The highest BCUT2D eigenvalue weighted by Crippen LogP contribution is 2.16. The third-order valence-corrected chi connectivity index (χ3v) is 5.32. The zero-order valence-corrected chi connectivity index (χ0v) is 19.0. The molecule has 0 aliphatic carbocycles. The van der Waals surface area contributed by atoms with E-state index in [1.165, 1.54) is 0 Å². The lowest BCUT2D eigenvalue weighted by Gasteiger charge is -2.27. The van der Waals surface area contributed by atoms with Crippen molar-refractivity contribution in [1.82, 2.24) is 19.8 Å². The molecule has 0 bridgehead atoms. The summed E-state index contributed by atoms with van der Waals surface area (Å²) in [5.74, 6) is 0.984. The number of carboxylic acid groups (broad SMARTS) is 2. The molecule has 0 aromatic carbocycles. The molecular weight excluding hydrogens is 442 g/mol. The Hall–Kier alpha value is -3.57. The van der Waals surface area contributed by atoms with Crippen LogP contribution in [-0.4, -0.2) is 101 Å². The Morgan fingerprint density at radius 3 is 2.29 bits per heavy atom. The fourth-order valence-electron chi connectivity index (χ4n) is 3.73. The first-order valence-corrected chi connectivity index (χ1v) is 11.0. The molecule has 184 valence electrons. The minimum absolute atomic E-state index is 0.0414. The monoisotopic (exact) mass is 473 g/mol. The van der Waals surface area contributed by atoms with Crippen molar-refractivity contribution in [2.45, 2.75) is 13.0 Å². The van der Waals surface area contributed by atoms with Crippen molar-refractivity contribution in [1.29, 1.82) is 0 Å². The zero-order valence-electron chi connectivity index (χ0n) is 19.0. The summed E-state index contributed by atoms with van der Waals surface area (Å²) < 4.78 is 5.32. The van der Waals surface area contributed by atoms with Gasteiger partial charge >= 0.3 is 0 Å². The second-order valence-electron chi connectivity index (χ2n) is 7.46. The van der Waals surface area contributed by atoms with Crippen molar-refractivity contribution in [2.75, 3.05) is 57.4 Å². The molecule has 2 N–H and O–H groups in total. The van der Waals surface area contributed by atoms with Gasteiger partial charge in [-0.25, -0.2) is 4.98 Å². The Morgan fingerprint density at radius 1 is 0.941 bits per heavy atom. The van der Waals surface area contributed by atoms with E-state index < -0.39 is 0 Å². The van der Waals surface area contributed by atoms with Crippen LogP contribution in [0.1, 0.15) is 22.5 Å². The van der Waals surface area contributed by atoms with Crippen LogP contribution in [0.4, 0.5) is 5.82 Å². The summed E-state index contributed by atoms with van der Waals surface area (Å²) in [5, 5.41) is 13.8. The van der Waals surface area contributed by atoms with Gasteiger partial charge in [-0.2, -0.15) is 0 Å². The third kappa shape index (κ3) is 8.75. The lowest BCUT2D eigenvalue weighted by atomic mass is 10.2. The number of ether oxygens (including phenoxy) is 1. The molecule has 2 aromatic rings. The van der Waals surface area contributed by atoms with Crippen LogP contribution in [0, 0.1) is 0 Å². The molecule has 0 saturated carbocycles. The molecule has 34 heavy (non-hydrogen) atoms. The molecule has 0 spiro atoms. The highest BCUT2D eigenvalue weighted by molar-refractivity contribution is 5.94. The number of amides is 1. The largest absolute Gasteiger partial charge is 0.483 e. The summed E-state index contributed by atoms with van der Waals surface area (Å²) in [4.78, 5) is 44.9. The van der Waals surface area contributed by atoms with E-state index in [1.807, 2.05) is 35.4 Å². The van der Waals surface area contributed by atoms with Crippen molar-refractivity contribution in [3.05, 3.63) is 54.0 Å². The number of nitrogens with zero attached hydrogens (tertiary/aromatic N) is 5. The number of morpholine rings is 1. The smallest absolute Gasteiger partial charge is 0.290 e. The van der Waals surface area contributed by atoms with Gasteiger partial charge in [0.15, 0.2) is 0 Å². The normalized spacial score (nSPS) is 16.1. The van der Waals surface area contributed by atoms with Crippen LogP contribution >= 0.6 is 0 Å². The van der Waals surface area contributed by atoms with Crippen LogP contribution < -0.4 is 4.90 Å². The maximum absolute atomic E-state index is 12.6. The number of pyridine rings is 2. The van der Waals surface area contributed by atoms with Crippen LogP contribution in [0.15, 0.2) is 42.7 Å². The molecule has 2 aromatic heterocycles. The van der Waals surface area contributed by atoms with Gasteiger partial charge in [0.2, 0.25) is 0 Å². The number of carbonyl (C=O) groups excluding carboxylic acids is 1. The Kier molecular flexibility index (Phi) is 12.0. The minimum Gasteiger partial charge on any atom is -0.483 e. The van der Waals surface area contributed by atoms with E-state index in [0.29, 0.717) is 31.9 Å². The van der Waals surface area contributed by atoms with E-state index in [4.69, 9.17) is 24.5 Å². The number of carbonyl (C=O) groups is 3. The van der Waals surface area contributed by atoms with Crippen LogP contribution in [-0.2, 0) is 20.9 Å². The Labute approximate surface area is 198 Å². The van der Waals surface area contributed by atoms with Crippen LogP contribution in [0.3, 0.4) is 0 Å². The van der Waals surface area contributed by atoms with E-state index in [2.05, 4.69) is 25.8 Å². The lowest BCUT2D eigenvalue weighted by Crippen LogP contribution is -2.40. The Morgan fingerprint density at radius 2 is 1.68 bits per heavy atom. The van der Waals surface area contributed by atoms with Gasteiger partial charge in [0.25, 0.3) is 18.9 Å². The molecule has 11 heteroatoms. The van der Waals surface area contributed by atoms with E-state index >= 15 is 0 Å². The molecule has 0 radical (unpaired) electrons. The first kappa shape index (κ1) is 26.7. The van der Waals surface area contributed by atoms with Gasteiger partial charge in [0, 0.05) is 58.2 Å². The Bertz CT molecular complexity index is 856. The maximum Gasteiger partial charge on any atom is 0.290 e. The summed E-state index contributed by atoms with van der Waals surface area (Å²) in [7, 11) is 0. The molecule has 4 rings (SSSR count). The third-order valence-electron chi connectivity index (χ3n) is 5.32. The standard InChI is InChI=1S/C21H27N5O2.2CH2O2/c27-21(26-12-14-28-15-13-26)18-5-6-20(23-16-18)25-9-3-8-24(10-11-25)17-19-4-1-2-7-22-19;2*2-1-3/h1-2,4-7,16H,3,8-15,17H2;2*1H,(H,2,3). The molecular formula is C23H31N5O6. The van der Waals surface area contributed by atoms with Crippen LogP contribution in [0.5, 0.6) is 0 Å². The summed E-state index contributed by atoms with van der Waals surface area (Å²) in [6.45, 7) is 6.85. The number of anilines is 1. The van der Waals surface area contributed by atoms with Crippen molar-refractivity contribution in [3.63, 3.8) is 0 Å². The van der Waals surface area contributed by atoms with Gasteiger partial charge in [-0.15, -0.1) is 0 Å². The van der Waals surface area contributed by atoms with E-state index in [1.54, 1.807) is 6.20 Å². The molecule has 2 aliphatic heterocycles. The molecule has 0 atom stereocenters. The fourth-order valence-corrected chi connectivity index (χ4v) is 3.73. The number of hydrogen-bond donors (Lipinski definition) is 2. The van der Waals surface area contributed by atoms with E-state index in [0.717, 1.165) is 50.7 Å². The topological polar surface area (TPSA) is 136 Å². The minimum atomic E-state index is -0.250. The lowest BCUT2D eigenvalue weighted by molar-refractivity contribution is -0.123. The second-order valence-corrected chi connectivity index (χ2v) is 7.46. The van der Waals surface area contributed by atoms with Crippen molar-refractivity contribution in [2.24, 2.45) is 0 Å². The van der Waals surface area contributed by atoms with Gasteiger partial charge in [0.05, 0.1) is 24.5 Å². The number of rotatable bonds is 4. The molecule has 2 aliphatic rings. The summed E-state index contributed by atoms with van der Waals surface area (Å²) in [6.07, 6.45) is 4.65. The molecule has 4 heterocycles. The molecule has 2 fully saturated rings. The molecule has 11 nitrogen and oxygen atoms in total. The molecule has 1 amide bonds.